The van der Waals surface area contributed by atoms with Crippen molar-refractivity contribution < 1.29 is 13.9 Å². The van der Waals surface area contributed by atoms with Crippen molar-refractivity contribution in [3.63, 3.8) is 0 Å². The van der Waals surface area contributed by atoms with Gasteiger partial charge in [0.1, 0.15) is 5.82 Å². The fourth-order valence-electron chi connectivity index (χ4n) is 3.83. The Hall–Kier alpha value is -1.46. The average Bonchev–Trinajstić information content (AvgIpc) is 2.63. The van der Waals surface area contributed by atoms with Crippen molar-refractivity contribution in [1.82, 2.24) is 4.90 Å². The number of para-hydroxylation sites is 1. The van der Waals surface area contributed by atoms with Crippen LogP contribution in [0.3, 0.4) is 0 Å². The molecule has 2 fully saturated rings. The molecule has 0 spiro atoms. The molecule has 5 heteroatoms. The number of nitrogens with zero attached hydrogens (tertiary/aromatic N) is 1. The Kier molecular flexibility index (Phi) is 6.21. The highest BCUT2D eigenvalue weighted by Crippen LogP contribution is 2.26. The van der Waals surface area contributed by atoms with Crippen molar-refractivity contribution in [1.29, 1.82) is 0 Å². The predicted molar refractivity (Wildman–Crippen MR) is 92.4 cm³/mol. The monoisotopic (exact) mass is 334 g/mol. The van der Waals surface area contributed by atoms with Crippen molar-refractivity contribution in [2.75, 3.05) is 31.6 Å². The summed E-state index contributed by atoms with van der Waals surface area (Å²) in [6, 6.07) is 6.96. The lowest BCUT2D eigenvalue weighted by Gasteiger charge is -2.40. The Morgan fingerprint density at radius 3 is 2.83 bits per heavy atom. The first-order chi connectivity index (χ1) is 11.7. The van der Waals surface area contributed by atoms with Gasteiger partial charge in [0.25, 0.3) is 0 Å². The van der Waals surface area contributed by atoms with E-state index in [0.29, 0.717) is 18.4 Å². The molecule has 1 aromatic carbocycles. The van der Waals surface area contributed by atoms with Gasteiger partial charge in [-0.2, -0.15) is 0 Å². The molecule has 1 atom stereocenters. The van der Waals surface area contributed by atoms with Gasteiger partial charge >= 0.3 is 0 Å². The van der Waals surface area contributed by atoms with Crippen LogP contribution in [0.5, 0.6) is 0 Å². The zero-order chi connectivity index (χ0) is 16.8. The van der Waals surface area contributed by atoms with E-state index in [1.165, 1.54) is 25.5 Å². The minimum Gasteiger partial charge on any atom is -0.381 e. The van der Waals surface area contributed by atoms with E-state index in [1.807, 2.05) is 0 Å². The molecule has 0 aromatic heterocycles. The summed E-state index contributed by atoms with van der Waals surface area (Å²) in [7, 11) is 0. The summed E-state index contributed by atoms with van der Waals surface area (Å²) < 4.78 is 19.0. The van der Waals surface area contributed by atoms with Crippen molar-refractivity contribution in [3.05, 3.63) is 30.1 Å². The average molecular weight is 334 g/mol. The summed E-state index contributed by atoms with van der Waals surface area (Å²) in [5, 5.41) is 2.68. The molecular formula is C19H27FN2O2. The fraction of sp³-hybridized carbons (Fsp3) is 0.632. The Morgan fingerprint density at radius 2 is 2.04 bits per heavy atom. The number of rotatable bonds is 5. The zero-order valence-corrected chi connectivity index (χ0v) is 14.2. The smallest absolute Gasteiger partial charge is 0.224 e. The first-order valence-corrected chi connectivity index (χ1v) is 9.08. The van der Waals surface area contributed by atoms with Crippen LogP contribution >= 0.6 is 0 Å². The summed E-state index contributed by atoms with van der Waals surface area (Å²) in [4.78, 5) is 14.7. The fourth-order valence-corrected chi connectivity index (χ4v) is 3.83. The van der Waals surface area contributed by atoms with Gasteiger partial charge in [-0.25, -0.2) is 4.39 Å². The second-order valence-corrected chi connectivity index (χ2v) is 6.91. The highest BCUT2D eigenvalue weighted by molar-refractivity contribution is 5.90. The molecule has 2 aliphatic rings. The van der Waals surface area contributed by atoms with Crippen LogP contribution in [0.15, 0.2) is 24.3 Å². The summed E-state index contributed by atoms with van der Waals surface area (Å²) in [6.07, 6.45) is 5.98. The predicted octanol–water partition coefficient (Wildman–Crippen LogP) is 3.44. The van der Waals surface area contributed by atoms with Crippen LogP contribution in [0, 0.1) is 11.7 Å². The standard InChI is InChI=1S/C19H27FN2O2/c20-17-5-1-2-6-18(17)21-19(23)8-7-15-4-3-11-22(14-15)16-9-12-24-13-10-16/h1-2,5-6,15-16H,3-4,7-14H2,(H,21,23)/t15-/m1/s1. The molecule has 24 heavy (non-hydrogen) atoms. The maximum atomic E-state index is 13.6. The minimum atomic E-state index is -0.380. The third-order valence-electron chi connectivity index (χ3n) is 5.19. The molecule has 2 saturated heterocycles. The summed E-state index contributed by atoms with van der Waals surface area (Å²) in [5.74, 6) is 0.0884. The van der Waals surface area contributed by atoms with E-state index in [2.05, 4.69) is 10.2 Å². The van der Waals surface area contributed by atoms with Crippen LogP contribution in [-0.4, -0.2) is 43.2 Å². The van der Waals surface area contributed by atoms with Gasteiger partial charge < -0.3 is 10.1 Å². The van der Waals surface area contributed by atoms with Gasteiger partial charge in [0.2, 0.25) is 5.91 Å². The Morgan fingerprint density at radius 1 is 1.25 bits per heavy atom. The number of anilines is 1. The SMILES string of the molecule is O=C(CC[C@H]1CCCN(C2CCOCC2)C1)Nc1ccccc1F. The topological polar surface area (TPSA) is 41.6 Å². The van der Waals surface area contributed by atoms with E-state index >= 15 is 0 Å². The molecule has 2 aliphatic heterocycles. The number of benzene rings is 1. The van der Waals surface area contributed by atoms with Crippen molar-refractivity contribution in [3.8, 4) is 0 Å². The number of hydrogen-bond acceptors (Lipinski definition) is 3. The third-order valence-corrected chi connectivity index (χ3v) is 5.19. The van der Waals surface area contributed by atoms with Crippen LogP contribution in [0.1, 0.15) is 38.5 Å². The lowest BCUT2D eigenvalue weighted by atomic mass is 9.91. The quantitative estimate of drug-likeness (QED) is 0.897. The molecule has 3 rings (SSSR count). The Labute approximate surface area is 143 Å². The number of halogens is 1. The molecule has 2 heterocycles. The normalized spacial score (nSPS) is 23.1. The van der Waals surface area contributed by atoms with Gasteiger partial charge in [-0.3, -0.25) is 9.69 Å². The molecule has 1 N–H and O–H groups in total. The lowest BCUT2D eigenvalue weighted by molar-refractivity contribution is -0.116. The molecular weight excluding hydrogens is 307 g/mol. The molecule has 0 radical (unpaired) electrons. The number of hydrogen-bond donors (Lipinski definition) is 1. The van der Waals surface area contributed by atoms with E-state index < -0.39 is 0 Å². The Balaban J connectivity index is 1.44. The van der Waals surface area contributed by atoms with Gasteiger partial charge in [-0.15, -0.1) is 0 Å². The van der Waals surface area contributed by atoms with Crippen LogP contribution < -0.4 is 5.32 Å². The molecule has 4 nitrogen and oxygen atoms in total. The van der Waals surface area contributed by atoms with E-state index in [9.17, 15) is 9.18 Å². The molecule has 132 valence electrons. The van der Waals surface area contributed by atoms with E-state index in [0.717, 1.165) is 39.0 Å². The number of carbonyl (C=O) groups is 1. The maximum absolute atomic E-state index is 13.6. The molecule has 1 aromatic rings. The number of likely N-dealkylation sites (tertiary alicyclic amines) is 1. The number of carbonyl (C=O) groups excluding carboxylic acids is 1. The van der Waals surface area contributed by atoms with Crippen molar-refractivity contribution >= 4 is 11.6 Å². The molecule has 1 amide bonds. The maximum Gasteiger partial charge on any atom is 0.224 e. The summed E-state index contributed by atoms with van der Waals surface area (Å²) in [6.45, 7) is 3.99. The number of piperidine rings is 1. The van der Waals surface area contributed by atoms with Crippen molar-refractivity contribution in [2.45, 2.75) is 44.6 Å². The van der Waals surface area contributed by atoms with Gasteiger partial charge in [0.05, 0.1) is 5.69 Å². The Bertz CT molecular complexity index is 546. The zero-order valence-electron chi connectivity index (χ0n) is 14.2. The lowest BCUT2D eigenvalue weighted by Crippen LogP contribution is -2.45. The van der Waals surface area contributed by atoms with E-state index in [4.69, 9.17) is 4.74 Å². The first kappa shape index (κ1) is 17.4. The van der Waals surface area contributed by atoms with Crippen molar-refractivity contribution in [2.24, 2.45) is 5.92 Å². The number of ether oxygens (including phenoxy) is 1. The van der Waals surface area contributed by atoms with Crippen LogP contribution in [0.2, 0.25) is 0 Å². The highest BCUT2D eigenvalue weighted by atomic mass is 19.1. The highest BCUT2D eigenvalue weighted by Gasteiger charge is 2.27. The molecule has 0 saturated carbocycles. The largest absolute Gasteiger partial charge is 0.381 e. The van der Waals surface area contributed by atoms with Gasteiger partial charge in [0, 0.05) is 32.2 Å². The van der Waals surface area contributed by atoms with Gasteiger partial charge in [-0.1, -0.05) is 12.1 Å². The van der Waals surface area contributed by atoms with Crippen LogP contribution in [-0.2, 0) is 9.53 Å². The van der Waals surface area contributed by atoms with E-state index in [-0.39, 0.29) is 17.4 Å². The first-order valence-electron chi connectivity index (χ1n) is 9.08. The summed E-state index contributed by atoms with van der Waals surface area (Å²) in [5.41, 5.74) is 0.273. The molecule has 0 bridgehead atoms. The summed E-state index contributed by atoms with van der Waals surface area (Å²) >= 11 is 0. The third kappa shape index (κ3) is 4.77. The van der Waals surface area contributed by atoms with Gasteiger partial charge in [0.15, 0.2) is 0 Å². The molecule has 0 unspecified atom stereocenters. The minimum absolute atomic E-state index is 0.0942. The number of nitrogens with one attached hydrogen (secondary N) is 1. The van der Waals surface area contributed by atoms with Crippen LogP contribution in [0.4, 0.5) is 10.1 Å². The molecule has 0 aliphatic carbocycles. The van der Waals surface area contributed by atoms with E-state index in [1.54, 1.807) is 18.2 Å². The number of amides is 1. The second kappa shape index (κ2) is 8.58. The van der Waals surface area contributed by atoms with Crippen LogP contribution in [0.25, 0.3) is 0 Å². The second-order valence-electron chi connectivity index (χ2n) is 6.91. The van der Waals surface area contributed by atoms with Gasteiger partial charge in [-0.05, 0) is 56.7 Å².